The van der Waals surface area contributed by atoms with Crippen LogP contribution in [0.5, 0.6) is 0 Å². The summed E-state index contributed by atoms with van der Waals surface area (Å²) in [5.41, 5.74) is -0.660. The van der Waals surface area contributed by atoms with Crippen LogP contribution < -0.4 is 5.32 Å². The average Bonchev–Trinajstić information content (AvgIpc) is 2.23. The lowest BCUT2D eigenvalue weighted by atomic mass is 9.72. The zero-order valence-corrected chi connectivity index (χ0v) is 12.6. The molecule has 0 aliphatic heterocycles. The molecule has 4 nitrogen and oxygen atoms in total. The van der Waals surface area contributed by atoms with Gasteiger partial charge in [0.05, 0.1) is 5.60 Å². The molecule has 116 valence electrons. The lowest BCUT2D eigenvalue weighted by molar-refractivity contribution is -0.0561. The highest BCUT2D eigenvalue weighted by atomic mass is 19.1. The molecule has 1 aliphatic rings. The second-order valence-electron chi connectivity index (χ2n) is 6.78. The summed E-state index contributed by atoms with van der Waals surface area (Å²) in [4.78, 5) is 11.6. The minimum atomic E-state index is -0.881. The highest BCUT2D eigenvalue weighted by molar-refractivity contribution is 5.68. The molecule has 1 saturated carbocycles. The predicted molar refractivity (Wildman–Crippen MR) is 77.4 cm³/mol. The number of alkyl carbamates (subject to hydrolysis) is 1. The largest absolute Gasteiger partial charge is 0.444 e. The highest BCUT2D eigenvalue weighted by Crippen LogP contribution is 2.35. The van der Waals surface area contributed by atoms with Crippen LogP contribution in [0.1, 0.15) is 39.2 Å². The van der Waals surface area contributed by atoms with Crippen LogP contribution in [0, 0.1) is 5.82 Å². The number of carbonyl (C=O) groups is 1. The van der Waals surface area contributed by atoms with Gasteiger partial charge in [0.15, 0.2) is 0 Å². The third-order valence-corrected chi connectivity index (χ3v) is 3.40. The normalized spacial score (nSPS) is 25.1. The molecule has 2 rings (SSSR count). The molecule has 0 radical (unpaired) electrons. The van der Waals surface area contributed by atoms with E-state index in [0.29, 0.717) is 19.3 Å². The molecule has 1 amide bonds. The molecule has 0 unspecified atom stereocenters. The van der Waals surface area contributed by atoms with Crippen LogP contribution in [0.2, 0.25) is 0 Å². The van der Waals surface area contributed by atoms with Gasteiger partial charge in [-0.15, -0.1) is 0 Å². The van der Waals surface area contributed by atoms with Crippen LogP contribution in [-0.2, 0) is 11.2 Å². The van der Waals surface area contributed by atoms with E-state index in [9.17, 15) is 14.3 Å². The molecular formula is C16H22FNO3. The van der Waals surface area contributed by atoms with Gasteiger partial charge in [0.2, 0.25) is 0 Å². The number of ether oxygens (including phenoxy) is 1. The Kier molecular flexibility index (Phi) is 4.23. The Hall–Kier alpha value is -1.62. The molecule has 0 atom stereocenters. The summed E-state index contributed by atoms with van der Waals surface area (Å²) >= 11 is 0. The Balaban J connectivity index is 1.81. The summed E-state index contributed by atoms with van der Waals surface area (Å²) in [6.45, 7) is 5.40. The maximum Gasteiger partial charge on any atom is 0.407 e. The van der Waals surface area contributed by atoms with Gasteiger partial charge in [0.1, 0.15) is 11.4 Å². The van der Waals surface area contributed by atoms with Crippen molar-refractivity contribution in [2.75, 3.05) is 0 Å². The van der Waals surface area contributed by atoms with E-state index in [1.165, 1.54) is 12.1 Å². The van der Waals surface area contributed by atoms with Gasteiger partial charge in [-0.2, -0.15) is 0 Å². The van der Waals surface area contributed by atoms with E-state index in [4.69, 9.17) is 4.74 Å². The summed E-state index contributed by atoms with van der Waals surface area (Å²) in [7, 11) is 0. The van der Waals surface area contributed by atoms with E-state index in [1.54, 1.807) is 32.9 Å². The number of carbonyl (C=O) groups excluding carboxylic acids is 1. The number of benzene rings is 1. The first-order chi connectivity index (χ1) is 9.65. The molecule has 5 heteroatoms. The molecule has 1 fully saturated rings. The quantitative estimate of drug-likeness (QED) is 0.901. The van der Waals surface area contributed by atoms with Crippen molar-refractivity contribution < 1.29 is 19.0 Å². The van der Waals surface area contributed by atoms with Crippen LogP contribution in [0.25, 0.3) is 0 Å². The van der Waals surface area contributed by atoms with Crippen molar-refractivity contribution in [2.45, 2.75) is 57.3 Å². The number of amides is 1. The molecule has 0 bridgehead atoms. The lowest BCUT2D eigenvalue weighted by Crippen LogP contribution is -2.56. The first-order valence-electron chi connectivity index (χ1n) is 7.12. The third kappa shape index (κ3) is 4.70. The van der Waals surface area contributed by atoms with Crippen LogP contribution in [0.4, 0.5) is 9.18 Å². The van der Waals surface area contributed by atoms with E-state index < -0.39 is 17.3 Å². The summed E-state index contributed by atoms with van der Waals surface area (Å²) in [5.74, 6) is -0.307. The van der Waals surface area contributed by atoms with Crippen molar-refractivity contribution in [3.05, 3.63) is 35.6 Å². The van der Waals surface area contributed by atoms with Crippen LogP contribution in [-0.4, -0.2) is 28.4 Å². The van der Waals surface area contributed by atoms with Crippen molar-refractivity contribution in [3.8, 4) is 0 Å². The Labute approximate surface area is 124 Å². The van der Waals surface area contributed by atoms with Crippen molar-refractivity contribution >= 4 is 6.09 Å². The van der Waals surface area contributed by atoms with Gasteiger partial charge in [-0.1, -0.05) is 12.1 Å². The van der Waals surface area contributed by atoms with Gasteiger partial charge in [0, 0.05) is 12.5 Å². The summed E-state index contributed by atoms with van der Waals surface area (Å²) in [6.07, 6.45) is 0.809. The monoisotopic (exact) mass is 295 g/mol. The van der Waals surface area contributed by atoms with Crippen molar-refractivity contribution in [1.29, 1.82) is 0 Å². The van der Waals surface area contributed by atoms with Crippen molar-refractivity contribution in [2.24, 2.45) is 0 Å². The number of halogens is 1. The molecule has 1 aliphatic carbocycles. The fourth-order valence-corrected chi connectivity index (χ4v) is 2.61. The molecule has 2 N–H and O–H groups in total. The molecule has 0 heterocycles. The van der Waals surface area contributed by atoms with E-state index in [0.717, 1.165) is 5.56 Å². The van der Waals surface area contributed by atoms with Crippen molar-refractivity contribution in [3.63, 3.8) is 0 Å². The summed E-state index contributed by atoms with van der Waals surface area (Å²) < 4.78 is 18.3. The second kappa shape index (κ2) is 5.64. The fraction of sp³-hybridized carbons (Fsp3) is 0.562. The molecule has 0 aromatic heterocycles. The van der Waals surface area contributed by atoms with Gasteiger partial charge in [0.25, 0.3) is 0 Å². The minimum absolute atomic E-state index is 0.0987. The number of aliphatic hydroxyl groups is 1. The van der Waals surface area contributed by atoms with Gasteiger partial charge in [-0.3, -0.25) is 0 Å². The molecular weight excluding hydrogens is 273 g/mol. The first-order valence-corrected chi connectivity index (χ1v) is 7.12. The number of nitrogens with one attached hydrogen (secondary N) is 1. The molecule has 0 spiro atoms. The maximum atomic E-state index is 13.1. The zero-order chi connectivity index (χ0) is 15.7. The van der Waals surface area contributed by atoms with E-state index >= 15 is 0 Å². The lowest BCUT2D eigenvalue weighted by Gasteiger charge is -2.44. The molecule has 1 aromatic rings. The van der Waals surface area contributed by atoms with E-state index in [2.05, 4.69) is 5.32 Å². The van der Waals surface area contributed by atoms with Gasteiger partial charge < -0.3 is 15.2 Å². The predicted octanol–water partition coefficient (Wildman–Crippen LogP) is 2.79. The minimum Gasteiger partial charge on any atom is -0.444 e. The number of rotatable bonds is 3. The second-order valence-corrected chi connectivity index (χ2v) is 6.78. The Morgan fingerprint density at radius 3 is 2.71 bits per heavy atom. The Bertz CT molecular complexity index is 518. The standard InChI is InChI=1S/C16H22FNO3/c1-15(2,3)21-14(19)18-13-9-16(20,10-13)8-11-5-4-6-12(17)7-11/h4-7,13,20H,8-10H2,1-3H3,(H,18,19). The van der Waals surface area contributed by atoms with Gasteiger partial charge in [-0.05, 0) is 51.3 Å². The number of hydrogen-bond donors (Lipinski definition) is 2. The van der Waals surface area contributed by atoms with E-state index in [1.807, 2.05) is 0 Å². The number of hydrogen-bond acceptors (Lipinski definition) is 3. The summed E-state index contributed by atoms with van der Waals surface area (Å²) in [6, 6.07) is 6.12. The zero-order valence-electron chi connectivity index (χ0n) is 12.6. The first kappa shape index (κ1) is 15.8. The average molecular weight is 295 g/mol. The maximum absolute atomic E-state index is 13.1. The smallest absolute Gasteiger partial charge is 0.407 e. The van der Waals surface area contributed by atoms with E-state index in [-0.39, 0.29) is 11.9 Å². The third-order valence-electron chi connectivity index (χ3n) is 3.40. The Morgan fingerprint density at radius 2 is 2.14 bits per heavy atom. The SMILES string of the molecule is CC(C)(C)OC(=O)NC1CC(O)(Cc2cccc(F)c2)C1. The molecule has 0 saturated heterocycles. The van der Waals surface area contributed by atoms with Crippen LogP contribution >= 0.6 is 0 Å². The van der Waals surface area contributed by atoms with Crippen molar-refractivity contribution in [1.82, 2.24) is 5.32 Å². The fourth-order valence-electron chi connectivity index (χ4n) is 2.61. The molecule has 21 heavy (non-hydrogen) atoms. The topological polar surface area (TPSA) is 58.6 Å². The Morgan fingerprint density at radius 1 is 1.48 bits per heavy atom. The van der Waals surface area contributed by atoms with Crippen LogP contribution in [0.3, 0.4) is 0 Å². The van der Waals surface area contributed by atoms with Crippen LogP contribution in [0.15, 0.2) is 24.3 Å². The highest BCUT2D eigenvalue weighted by Gasteiger charge is 2.43. The van der Waals surface area contributed by atoms with Gasteiger partial charge in [-0.25, -0.2) is 9.18 Å². The summed E-state index contributed by atoms with van der Waals surface area (Å²) in [5, 5.41) is 13.1. The van der Waals surface area contributed by atoms with Gasteiger partial charge >= 0.3 is 6.09 Å². The molecule has 1 aromatic carbocycles.